The number of likely N-dealkylation sites (tertiary alicyclic amines) is 1. The summed E-state index contributed by atoms with van der Waals surface area (Å²) >= 11 is 0. The summed E-state index contributed by atoms with van der Waals surface area (Å²) < 4.78 is 37.1. The Morgan fingerprint density at radius 2 is 2.00 bits per heavy atom. The second-order valence-electron chi connectivity index (χ2n) is 6.52. The summed E-state index contributed by atoms with van der Waals surface area (Å²) in [5.41, 5.74) is 0.822. The monoisotopic (exact) mass is 302 g/mol. The third-order valence-corrected chi connectivity index (χ3v) is 3.46. The van der Waals surface area contributed by atoms with Crippen LogP contribution in [0.3, 0.4) is 0 Å². The van der Waals surface area contributed by atoms with Gasteiger partial charge in [-0.15, -0.1) is 0 Å². The predicted octanol–water partition coefficient (Wildman–Crippen LogP) is 2.82. The van der Waals surface area contributed by atoms with Crippen molar-refractivity contribution >= 4 is 5.82 Å². The van der Waals surface area contributed by atoms with Crippen LogP contribution in [0.5, 0.6) is 0 Å². The van der Waals surface area contributed by atoms with Gasteiger partial charge in [0.1, 0.15) is 12.1 Å². The molecule has 7 heteroatoms. The molecule has 1 aliphatic rings. The second kappa shape index (κ2) is 5.79. The van der Waals surface area contributed by atoms with E-state index in [1.807, 2.05) is 6.07 Å². The molecular formula is C14H21F3N4. The normalized spacial score (nSPS) is 20.8. The van der Waals surface area contributed by atoms with Crippen LogP contribution in [0.2, 0.25) is 0 Å². The maximum atomic E-state index is 12.4. The summed E-state index contributed by atoms with van der Waals surface area (Å²) in [6.07, 6.45) is -1.96. The molecule has 2 rings (SSSR count). The Balaban J connectivity index is 1.95. The van der Waals surface area contributed by atoms with Gasteiger partial charge < -0.3 is 5.32 Å². The number of nitrogens with zero attached hydrogens (tertiary/aromatic N) is 3. The molecule has 1 unspecified atom stereocenters. The molecule has 1 atom stereocenters. The molecule has 1 N–H and O–H groups in total. The van der Waals surface area contributed by atoms with Crippen molar-refractivity contribution in [1.29, 1.82) is 0 Å². The van der Waals surface area contributed by atoms with Crippen molar-refractivity contribution in [3.8, 4) is 0 Å². The fourth-order valence-electron chi connectivity index (χ4n) is 2.40. The minimum absolute atomic E-state index is 0.00457. The van der Waals surface area contributed by atoms with E-state index in [2.05, 4.69) is 36.1 Å². The number of nitrogens with one attached hydrogen (secondary N) is 1. The Hall–Kier alpha value is -1.37. The van der Waals surface area contributed by atoms with Gasteiger partial charge in [-0.25, -0.2) is 9.97 Å². The van der Waals surface area contributed by atoms with Crippen LogP contribution in [0.4, 0.5) is 19.0 Å². The van der Waals surface area contributed by atoms with E-state index < -0.39 is 12.7 Å². The molecular weight excluding hydrogens is 281 g/mol. The van der Waals surface area contributed by atoms with Gasteiger partial charge in [-0.3, -0.25) is 4.90 Å². The first kappa shape index (κ1) is 16.0. The van der Waals surface area contributed by atoms with E-state index in [-0.39, 0.29) is 11.5 Å². The van der Waals surface area contributed by atoms with Gasteiger partial charge in [-0.05, 0) is 6.42 Å². The van der Waals surface area contributed by atoms with Crippen LogP contribution in [0.25, 0.3) is 0 Å². The van der Waals surface area contributed by atoms with Gasteiger partial charge in [0.2, 0.25) is 0 Å². The molecule has 4 nitrogen and oxygen atoms in total. The first-order valence-corrected chi connectivity index (χ1v) is 7.02. The molecule has 1 aromatic heterocycles. The van der Waals surface area contributed by atoms with E-state index in [9.17, 15) is 13.2 Å². The van der Waals surface area contributed by atoms with Crippen LogP contribution in [0, 0.1) is 0 Å². The summed E-state index contributed by atoms with van der Waals surface area (Å²) in [5, 5.41) is 3.21. The first-order chi connectivity index (χ1) is 9.63. The van der Waals surface area contributed by atoms with E-state index in [1.165, 1.54) is 11.2 Å². The fourth-order valence-corrected chi connectivity index (χ4v) is 2.40. The SMILES string of the molecule is CC(C)(C)c1cc(NC2CCN(CC(F)(F)F)C2)ncn1. The number of halogens is 3. The van der Waals surface area contributed by atoms with Crippen LogP contribution in [0.1, 0.15) is 32.9 Å². The summed E-state index contributed by atoms with van der Waals surface area (Å²) in [5.74, 6) is 0.675. The van der Waals surface area contributed by atoms with E-state index in [1.54, 1.807) is 0 Å². The van der Waals surface area contributed by atoms with E-state index in [0.29, 0.717) is 25.3 Å². The number of aromatic nitrogens is 2. The van der Waals surface area contributed by atoms with Crippen LogP contribution < -0.4 is 5.32 Å². The number of hydrogen-bond acceptors (Lipinski definition) is 4. The van der Waals surface area contributed by atoms with Crippen LogP contribution in [0.15, 0.2) is 12.4 Å². The molecule has 0 saturated carbocycles. The fraction of sp³-hybridized carbons (Fsp3) is 0.714. The van der Waals surface area contributed by atoms with E-state index in [4.69, 9.17) is 0 Å². The molecule has 0 aromatic carbocycles. The topological polar surface area (TPSA) is 41.0 Å². The highest BCUT2D eigenvalue weighted by Gasteiger charge is 2.34. The Morgan fingerprint density at radius 1 is 1.29 bits per heavy atom. The molecule has 118 valence electrons. The van der Waals surface area contributed by atoms with Crippen molar-refractivity contribution in [2.24, 2.45) is 0 Å². The maximum absolute atomic E-state index is 12.4. The highest BCUT2D eigenvalue weighted by atomic mass is 19.4. The summed E-state index contributed by atoms with van der Waals surface area (Å²) in [7, 11) is 0. The minimum Gasteiger partial charge on any atom is -0.366 e. The molecule has 2 heterocycles. The largest absolute Gasteiger partial charge is 0.401 e. The highest BCUT2D eigenvalue weighted by Crippen LogP contribution is 2.24. The van der Waals surface area contributed by atoms with Crippen LogP contribution in [-0.2, 0) is 5.41 Å². The van der Waals surface area contributed by atoms with Crippen molar-refractivity contribution in [2.45, 2.75) is 44.8 Å². The second-order valence-corrected chi connectivity index (χ2v) is 6.52. The Kier molecular flexibility index (Phi) is 4.41. The first-order valence-electron chi connectivity index (χ1n) is 7.02. The van der Waals surface area contributed by atoms with Crippen LogP contribution >= 0.6 is 0 Å². The highest BCUT2D eigenvalue weighted by molar-refractivity contribution is 5.38. The lowest BCUT2D eigenvalue weighted by molar-refractivity contribution is -0.143. The molecule has 0 spiro atoms. The zero-order valence-corrected chi connectivity index (χ0v) is 12.5. The number of anilines is 1. The van der Waals surface area contributed by atoms with Crippen molar-refractivity contribution < 1.29 is 13.2 Å². The Morgan fingerprint density at radius 3 is 2.62 bits per heavy atom. The molecule has 0 radical (unpaired) electrons. The van der Waals surface area contributed by atoms with Gasteiger partial charge in [0.15, 0.2) is 0 Å². The van der Waals surface area contributed by atoms with E-state index in [0.717, 1.165) is 5.69 Å². The summed E-state index contributed by atoms with van der Waals surface area (Å²) in [4.78, 5) is 9.81. The van der Waals surface area contributed by atoms with Gasteiger partial charge >= 0.3 is 6.18 Å². The van der Waals surface area contributed by atoms with Crippen molar-refractivity contribution in [3.63, 3.8) is 0 Å². The average Bonchev–Trinajstić information content (AvgIpc) is 2.73. The minimum atomic E-state index is -4.14. The van der Waals surface area contributed by atoms with E-state index >= 15 is 0 Å². The zero-order valence-electron chi connectivity index (χ0n) is 12.5. The summed E-state index contributed by atoms with van der Waals surface area (Å²) in [6, 6.07) is 1.86. The molecule has 1 saturated heterocycles. The predicted molar refractivity (Wildman–Crippen MR) is 75.3 cm³/mol. The molecule has 1 aromatic rings. The molecule has 21 heavy (non-hydrogen) atoms. The lowest BCUT2D eigenvalue weighted by Crippen LogP contribution is -2.34. The maximum Gasteiger partial charge on any atom is 0.401 e. The quantitative estimate of drug-likeness (QED) is 0.932. The zero-order chi connectivity index (χ0) is 15.7. The molecule has 0 bridgehead atoms. The van der Waals surface area contributed by atoms with Crippen LogP contribution in [-0.4, -0.2) is 46.7 Å². The smallest absolute Gasteiger partial charge is 0.366 e. The number of alkyl halides is 3. The lowest BCUT2D eigenvalue weighted by atomic mass is 9.92. The van der Waals surface area contributed by atoms with Gasteiger partial charge in [0, 0.05) is 30.6 Å². The van der Waals surface area contributed by atoms with Crippen molar-refractivity contribution in [3.05, 3.63) is 18.1 Å². The molecule has 0 amide bonds. The molecule has 1 aliphatic heterocycles. The van der Waals surface area contributed by atoms with Crippen molar-refractivity contribution in [2.75, 3.05) is 25.0 Å². The number of rotatable bonds is 3. The Bertz CT molecular complexity index is 482. The molecule has 1 fully saturated rings. The molecule has 0 aliphatic carbocycles. The standard InChI is InChI=1S/C14H21F3N4/c1-13(2,3)11-6-12(19-9-18-11)20-10-4-5-21(7-10)8-14(15,16)17/h6,9-10H,4-5,7-8H2,1-3H3,(H,18,19,20). The van der Waals surface area contributed by atoms with Gasteiger partial charge in [0.05, 0.1) is 12.2 Å². The van der Waals surface area contributed by atoms with Gasteiger partial charge in [0.25, 0.3) is 0 Å². The van der Waals surface area contributed by atoms with Gasteiger partial charge in [-0.1, -0.05) is 20.8 Å². The Labute approximate surface area is 122 Å². The number of hydrogen-bond donors (Lipinski definition) is 1. The third kappa shape index (κ3) is 4.84. The van der Waals surface area contributed by atoms with Gasteiger partial charge in [-0.2, -0.15) is 13.2 Å². The van der Waals surface area contributed by atoms with Crippen molar-refractivity contribution in [1.82, 2.24) is 14.9 Å². The lowest BCUT2D eigenvalue weighted by Gasteiger charge is -2.20. The average molecular weight is 302 g/mol. The third-order valence-electron chi connectivity index (χ3n) is 3.46. The summed E-state index contributed by atoms with van der Waals surface area (Å²) in [6.45, 7) is 6.16.